The van der Waals surface area contributed by atoms with E-state index in [1.54, 1.807) is 0 Å². The van der Waals surface area contributed by atoms with Crippen molar-refractivity contribution < 1.29 is 18.3 Å². The number of benzene rings is 1. The average molecular weight is 328 g/mol. The summed E-state index contributed by atoms with van der Waals surface area (Å²) >= 11 is 0. The zero-order chi connectivity index (χ0) is 16.3. The molecule has 0 saturated heterocycles. The molecule has 22 heavy (non-hydrogen) atoms. The van der Waals surface area contributed by atoms with Crippen LogP contribution in [-0.4, -0.2) is 19.8 Å². The smallest absolute Gasteiger partial charge is 0.335 e. The Balaban J connectivity index is 2.48. The summed E-state index contributed by atoms with van der Waals surface area (Å²) in [7, 11) is -3.03. The molecule has 0 saturated carbocycles. The molecule has 0 heterocycles. The van der Waals surface area contributed by atoms with Gasteiger partial charge in [-0.05, 0) is 38.0 Å². The monoisotopic (exact) mass is 328 g/mol. The summed E-state index contributed by atoms with van der Waals surface area (Å²) in [6.45, 7) is 7.35. The van der Waals surface area contributed by atoms with Gasteiger partial charge in [0.05, 0.1) is 26.0 Å². The molecule has 0 aliphatic rings. The standard InChI is InChI=1S/C17H29O4P/c1-4-7-8-9-14-19-17-12-10-16(11-13-17)15-22(18,20-5-2)21-6-3/h10-13H,4-9,14-15H2,1-3H3. The van der Waals surface area contributed by atoms with Gasteiger partial charge in [-0.3, -0.25) is 4.57 Å². The Bertz CT molecular complexity index is 434. The van der Waals surface area contributed by atoms with E-state index in [-0.39, 0.29) is 0 Å². The quantitative estimate of drug-likeness (QED) is 0.380. The summed E-state index contributed by atoms with van der Waals surface area (Å²) in [4.78, 5) is 0. The summed E-state index contributed by atoms with van der Waals surface area (Å²) in [6, 6.07) is 7.67. The summed E-state index contributed by atoms with van der Waals surface area (Å²) in [5.41, 5.74) is 0.934. The van der Waals surface area contributed by atoms with E-state index in [1.165, 1.54) is 19.3 Å². The number of hydrogen-bond acceptors (Lipinski definition) is 4. The van der Waals surface area contributed by atoms with Gasteiger partial charge in [-0.25, -0.2) is 0 Å². The van der Waals surface area contributed by atoms with Gasteiger partial charge in [0.2, 0.25) is 0 Å². The van der Waals surface area contributed by atoms with Gasteiger partial charge in [-0.15, -0.1) is 0 Å². The van der Waals surface area contributed by atoms with Crippen LogP contribution < -0.4 is 4.74 Å². The van der Waals surface area contributed by atoms with E-state index in [2.05, 4.69) is 6.92 Å². The van der Waals surface area contributed by atoms with Crippen molar-refractivity contribution in [1.82, 2.24) is 0 Å². The van der Waals surface area contributed by atoms with Gasteiger partial charge in [0.1, 0.15) is 5.75 Å². The molecule has 0 amide bonds. The largest absolute Gasteiger partial charge is 0.494 e. The Hall–Kier alpha value is -0.830. The van der Waals surface area contributed by atoms with Gasteiger partial charge in [-0.2, -0.15) is 0 Å². The number of rotatable bonds is 12. The molecular weight excluding hydrogens is 299 g/mol. The van der Waals surface area contributed by atoms with Crippen LogP contribution in [0.3, 0.4) is 0 Å². The van der Waals surface area contributed by atoms with Crippen LogP contribution in [0.5, 0.6) is 5.75 Å². The molecule has 0 radical (unpaired) electrons. The van der Waals surface area contributed by atoms with Crippen LogP contribution in [0.4, 0.5) is 0 Å². The minimum absolute atomic E-state index is 0.297. The van der Waals surface area contributed by atoms with Crippen LogP contribution in [0.1, 0.15) is 52.0 Å². The first-order valence-electron chi connectivity index (χ1n) is 8.23. The van der Waals surface area contributed by atoms with E-state index in [0.717, 1.165) is 24.3 Å². The Labute approximate surface area is 134 Å². The molecule has 0 fully saturated rings. The van der Waals surface area contributed by atoms with Gasteiger partial charge in [-0.1, -0.05) is 38.3 Å². The van der Waals surface area contributed by atoms with E-state index in [0.29, 0.717) is 19.4 Å². The molecule has 0 bridgehead atoms. The maximum absolute atomic E-state index is 12.5. The predicted octanol–water partition coefficient (Wildman–Crippen LogP) is 5.41. The normalized spacial score (nSPS) is 11.6. The third kappa shape index (κ3) is 7.44. The van der Waals surface area contributed by atoms with Gasteiger partial charge >= 0.3 is 7.60 Å². The molecular formula is C17H29O4P. The zero-order valence-corrected chi connectivity index (χ0v) is 14.9. The van der Waals surface area contributed by atoms with Gasteiger partial charge < -0.3 is 13.8 Å². The number of hydrogen-bond donors (Lipinski definition) is 0. The van der Waals surface area contributed by atoms with Gasteiger partial charge in [0, 0.05) is 0 Å². The highest BCUT2D eigenvalue weighted by Crippen LogP contribution is 2.51. The predicted molar refractivity (Wildman–Crippen MR) is 90.6 cm³/mol. The molecule has 5 heteroatoms. The molecule has 0 atom stereocenters. The minimum atomic E-state index is -3.03. The molecule has 0 aliphatic heterocycles. The molecule has 1 rings (SSSR count). The van der Waals surface area contributed by atoms with Crippen LogP contribution >= 0.6 is 7.60 Å². The van der Waals surface area contributed by atoms with Crippen molar-refractivity contribution in [3.8, 4) is 5.75 Å². The van der Waals surface area contributed by atoms with Gasteiger partial charge in [0.25, 0.3) is 0 Å². The van der Waals surface area contributed by atoms with Crippen LogP contribution in [0.2, 0.25) is 0 Å². The van der Waals surface area contributed by atoms with Crippen molar-refractivity contribution in [1.29, 1.82) is 0 Å². The maximum Gasteiger partial charge on any atom is 0.335 e. The Morgan fingerprint density at radius 3 is 2.09 bits per heavy atom. The molecule has 126 valence electrons. The van der Waals surface area contributed by atoms with E-state index in [9.17, 15) is 4.57 Å². The highest BCUT2D eigenvalue weighted by atomic mass is 31.2. The number of ether oxygens (including phenoxy) is 1. The molecule has 1 aromatic rings. The van der Waals surface area contributed by atoms with Crippen LogP contribution in [-0.2, 0) is 19.8 Å². The first-order valence-corrected chi connectivity index (χ1v) is 9.96. The second kappa shape index (κ2) is 10.8. The molecule has 0 spiro atoms. The van der Waals surface area contributed by atoms with Crippen molar-refractivity contribution in [2.24, 2.45) is 0 Å². The molecule has 4 nitrogen and oxygen atoms in total. The first kappa shape index (κ1) is 19.2. The van der Waals surface area contributed by atoms with Crippen LogP contribution in [0.15, 0.2) is 24.3 Å². The lowest BCUT2D eigenvalue weighted by Crippen LogP contribution is -2.00. The van der Waals surface area contributed by atoms with Crippen molar-refractivity contribution in [2.75, 3.05) is 19.8 Å². The Kier molecular flexibility index (Phi) is 9.45. The molecule has 0 aromatic heterocycles. The molecule has 0 N–H and O–H groups in total. The Morgan fingerprint density at radius 2 is 1.55 bits per heavy atom. The highest BCUT2D eigenvalue weighted by molar-refractivity contribution is 7.53. The van der Waals surface area contributed by atoms with Crippen molar-refractivity contribution in [3.63, 3.8) is 0 Å². The highest BCUT2D eigenvalue weighted by Gasteiger charge is 2.23. The molecule has 1 aromatic carbocycles. The molecule has 0 aliphatic carbocycles. The summed E-state index contributed by atoms with van der Waals surface area (Å²) in [5, 5.41) is 0. The Morgan fingerprint density at radius 1 is 0.909 bits per heavy atom. The zero-order valence-electron chi connectivity index (χ0n) is 14.0. The second-order valence-electron chi connectivity index (χ2n) is 5.16. The van der Waals surface area contributed by atoms with Crippen molar-refractivity contribution in [2.45, 2.75) is 52.6 Å². The molecule has 0 unspecified atom stereocenters. The fourth-order valence-electron chi connectivity index (χ4n) is 2.16. The topological polar surface area (TPSA) is 44.8 Å². The third-order valence-electron chi connectivity index (χ3n) is 3.22. The SMILES string of the molecule is CCCCCCOc1ccc(CP(=O)(OCC)OCC)cc1. The minimum Gasteiger partial charge on any atom is -0.494 e. The van der Waals surface area contributed by atoms with E-state index >= 15 is 0 Å². The van der Waals surface area contributed by atoms with Crippen LogP contribution in [0, 0.1) is 0 Å². The number of unbranched alkanes of at least 4 members (excludes halogenated alkanes) is 3. The van der Waals surface area contributed by atoms with Crippen molar-refractivity contribution in [3.05, 3.63) is 29.8 Å². The maximum atomic E-state index is 12.5. The third-order valence-corrected chi connectivity index (χ3v) is 5.27. The van der Waals surface area contributed by atoms with Crippen molar-refractivity contribution >= 4 is 7.60 Å². The van der Waals surface area contributed by atoms with E-state index in [1.807, 2.05) is 38.1 Å². The lowest BCUT2D eigenvalue weighted by atomic mass is 10.2. The van der Waals surface area contributed by atoms with E-state index in [4.69, 9.17) is 13.8 Å². The lowest BCUT2D eigenvalue weighted by molar-refractivity contribution is 0.219. The average Bonchev–Trinajstić information content (AvgIpc) is 2.49. The fourth-order valence-corrected chi connectivity index (χ4v) is 3.86. The second-order valence-corrected chi connectivity index (χ2v) is 7.21. The summed E-state index contributed by atoms with van der Waals surface area (Å²) < 4.78 is 28.8. The fraction of sp³-hybridized carbons (Fsp3) is 0.647. The summed E-state index contributed by atoms with van der Waals surface area (Å²) in [5.74, 6) is 0.850. The van der Waals surface area contributed by atoms with E-state index < -0.39 is 7.60 Å². The van der Waals surface area contributed by atoms with Gasteiger partial charge in [0.15, 0.2) is 0 Å². The lowest BCUT2D eigenvalue weighted by Gasteiger charge is -2.17. The first-order chi connectivity index (χ1) is 10.6. The summed E-state index contributed by atoms with van der Waals surface area (Å²) in [6.07, 6.45) is 5.08. The van der Waals surface area contributed by atoms with Crippen LogP contribution in [0.25, 0.3) is 0 Å².